The molecule has 0 bridgehead atoms. The fourth-order valence-electron chi connectivity index (χ4n) is 3.98. The predicted molar refractivity (Wildman–Crippen MR) is 134 cm³/mol. The van der Waals surface area contributed by atoms with Gasteiger partial charge >= 0.3 is 0 Å². The number of nitro benzene ring substituents is 1. The zero-order valence-electron chi connectivity index (χ0n) is 18.5. The third-order valence-electron chi connectivity index (χ3n) is 5.96. The van der Waals surface area contributed by atoms with Crippen molar-refractivity contribution in [3.63, 3.8) is 0 Å². The van der Waals surface area contributed by atoms with Crippen molar-refractivity contribution >= 4 is 34.0 Å². The van der Waals surface area contributed by atoms with Crippen molar-refractivity contribution in [1.29, 1.82) is 0 Å². The van der Waals surface area contributed by atoms with Crippen LogP contribution in [0.4, 0.5) is 11.4 Å². The van der Waals surface area contributed by atoms with E-state index in [2.05, 4.69) is 0 Å². The average Bonchev–Trinajstić information content (AvgIpc) is 3.42. The molecule has 3 aromatic heterocycles. The van der Waals surface area contributed by atoms with E-state index in [1.807, 2.05) is 66.2 Å². The van der Waals surface area contributed by atoms with Crippen LogP contribution in [-0.2, 0) is 0 Å². The van der Waals surface area contributed by atoms with Crippen LogP contribution < -0.4 is 5.73 Å². The molecule has 0 aliphatic heterocycles. The van der Waals surface area contributed by atoms with E-state index in [4.69, 9.17) is 10.7 Å². The lowest BCUT2D eigenvalue weighted by molar-refractivity contribution is -0.384. The van der Waals surface area contributed by atoms with E-state index in [9.17, 15) is 14.9 Å². The molecule has 5 aromatic rings. The smallest absolute Gasteiger partial charge is 0.269 e. The summed E-state index contributed by atoms with van der Waals surface area (Å²) in [5, 5.41) is 13.5. The second kappa shape index (κ2) is 8.24. The van der Waals surface area contributed by atoms with E-state index in [-0.39, 0.29) is 11.5 Å². The Hall–Kier alpha value is -4.30. The van der Waals surface area contributed by atoms with Gasteiger partial charge in [-0.05, 0) is 55.3 Å². The fourth-order valence-corrected chi connectivity index (χ4v) is 4.87. The molecule has 2 aromatic carbocycles. The number of nitrogens with two attached hydrogens (primary N) is 1. The number of hydrogen-bond donors (Lipinski definition) is 1. The summed E-state index contributed by atoms with van der Waals surface area (Å²) in [6.45, 7) is 3.99. The minimum absolute atomic E-state index is 0.0244. The van der Waals surface area contributed by atoms with E-state index in [0.29, 0.717) is 33.2 Å². The number of nitrogens with zero attached hydrogens (tertiary/aromatic N) is 3. The number of carbonyl (C=O) groups is 1. The Bertz CT molecular complexity index is 1580. The summed E-state index contributed by atoms with van der Waals surface area (Å²) in [4.78, 5) is 28.8. The highest BCUT2D eigenvalue weighted by Crippen LogP contribution is 2.39. The number of non-ortho nitro benzene ring substituents is 1. The second-order valence-electron chi connectivity index (χ2n) is 8.06. The van der Waals surface area contributed by atoms with Crippen molar-refractivity contribution in [3.8, 4) is 21.8 Å². The molecule has 7 nitrogen and oxygen atoms in total. The number of anilines is 1. The molecular formula is C26H20N4O3S. The molecule has 0 fully saturated rings. The molecule has 168 valence electrons. The molecule has 0 spiro atoms. The van der Waals surface area contributed by atoms with Crippen molar-refractivity contribution in [2.45, 2.75) is 13.8 Å². The molecule has 0 saturated carbocycles. The van der Waals surface area contributed by atoms with Gasteiger partial charge in [0.2, 0.25) is 5.78 Å². The van der Waals surface area contributed by atoms with Crippen LogP contribution in [0.1, 0.15) is 27.2 Å². The van der Waals surface area contributed by atoms with Crippen molar-refractivity contribution in [2.24, 2.45) is 0 Å². The van der Waals surface area contributed by atoms with Crippen molar-refractivity contribution < 1.29 is 9.72 Å². The number of carbonyl (C=O) groups excluding carboxylic acids is 1. The first-order chi connectivity index (χ1) is 16.3. The number of benzene rings is 2. The summed E-state index contributed by atoms with van der Waals surface area (Å²) in [7, 11) is 0. The number of hydrogen-bond acceptors (Lipinski definition) is 6. The van der Waals surface area contributed by atoms with Gasteiger partial charge in [0.15, 0.2) is 0 Å². The maximum Gasteiger partial charge on any atom is 0.269 e. The molecule has 8 heteroatoms. The first-order valence-electron chi connectivity index (χ1n) is 10.6. The number of fused-ring (bicyclic) bond motifs is 1. The third-order valence-corrected chi connectivity index (χ3v) is 6.82. The normalized spacial score (nSPS) is 11.1. The van der Waals surface area contributed by atoms with Crippen LogP contribution in [-0.4, -0.2) is 20.1 Å². The number of thiazole rings is 1. The van der Waals surface area contributed by atoms with Crippen molar-refractivity contribution in [1.82, 2.24) is 9.38 Å². The maximum absolute atomic E-state index is 13.5. The summed E-state index contributed by atoms with van der Waals surface area (Å²) in [6, 6.07) is 17.6. The van der Waals surface area contributed by atoms with Crippen molar-refractivity contribution in [3.05, 3.63) is 105 Å². The quantitative estimate of drug-likeness (QED) is 0.192. The number of rotatable bonds is 5. The lowest BCUT2D eigenvalue weighted by Crippen LogP contribution is -2.08. The largest absolute Gasteiger partial charge is 0.396 e. The summed E-state index contributed by atoms with van der Waals surface area (Å²) in [5.74, 6) is -0.153. The Kier molecular flexibility index (Phi) is 5.22. The topological polar surface area (TPSA) is 104 Å². The van der Waals surface area contributed by atoms with Gasteiger partial charge in [-0.2, -0.15) is 0 Å². The van der Waals surface area contributed by atoms with E-state index >= 15 is 0 Å². The van der Waals surface area contributed by atoms with Gasteiger partial charge in [0.05, 0.1) is 27.4 Å². The van der Waals surface area contributed by atoms with Gasteiger partial charge in [0.25, 0.3) is 5.69 Å². The molecule has 0 aliphatic carbocycles. The second-order valence-corrected chi connectivity index (χ2v) is 8.92. The molecule has 34 heavy (non-hydrogen) atoms. The SMILES string of the molecule is Cc1ccc(C(=O)c2c(N)c(-c3nc(-c4ccc([N+](=O)[O-])cc4)cs3)c3ccccn23)cc1C. The van der Waals surface area contributed by atoms with E-state index in [1.165, 1.54) is 23.5 Å². The van der Waals surface area contributed by atoms with Gasteiger partial charge < -0.3 is 10.1 Å². The number of nitro groups is 1. The highest BCUT2D eigenvalue weighted by Gasteiger charge is 2.25. The zero-order valence-corrected chi connectivity index (χ0v) is 19.3. The number of aryl methyl sites for hydroxylation is 2. The van der Waals surface area contributed by atoms with Gasteiger partial charge in [-0.3, -0.25) is 14.9 Å². The maximum atomic E-state index is 13.5. The minimum Gasteiger partial charge on any atom is -0.396 e. The van der Waals surface area contributed by atoms with Gasteiger partial charge in [0, 0.05) is 34.8 Å². The Morgan fingerprint density at radius 1 is 1.06 bits per heavy atom. The Balaban J connectivity index is 1.62. The van der Waals surface area contributed by atoms with Crippen LogP contribution in [0.15, 0.2) is 72.2 Å². The highest BCUT2D eigenvalue weighted by molar-refractivity contribution is 7.13. The molecule has 0 aliphatic rings. The van der Waals surface area contributed by atoms with E-state index in [0.717, 1.165) is 22.2 Å². The lowest BCUT2D eigenvalue weighted by Gasteiger charge is -2.06. The monoisotopic (exact) mass is 468 g/mol. The molecule has 2 N–H and O–H groups in total. The number of ketones is 1. The van der Waals surface area contributed by atoms with Crippen LogP contribution in [0.2, 0.25) is 0 Å². The molecule has 0 unspecified atom stereocenters. The Morgan fingerprint density at radius 3 is 2.53 bits per heavy atom. The first-order valence-corrected chi connectivity index (χ1v) is 11.4. The summed E-state index contributed by atoms with van der Waals surface area (Å²) < 4.78 is 1.81. The first kappa shape index (κ1) is 21.5. The van der Waals surface area contributed by atoms with Crippen LogP contribution in [0, 0.1) is 24.0 Å². The van der Waals surface area contributed by atoms with Crippen LogP contribution in [0.25, 0.3) is 27.3 Å². The van der Waals surface area contributed by atoms with E-state index in [1.54, 1.807) is 12.1 Å². The molecule has 0 amide bonds. The molecular weight excluding hydrogens is 448 g/mol. The van der Waals surface area contributed by atoms with Crippen molar-refractivity contribution in [2.75, 3.05) is 5.73 Å². The van der Waals surface area contributed by atoms with Crippen LogP contribution >= 0.6 is 11.3 Å². The molecule has 0 atom stereocenters. The molecule has 3 heterocycles. The summed E-state index contributed by atoms with van der Waals surface area (Å²) in [5.41, 5.74) is 13.1. The highest BCUT2D eigenvalue weighted by atomic mass is 32.1. The third kappa shape index (κ3) is 3.54. The zero-order chi connectivity index (χ0) is 24.0. The molecule has 0 radical (unpaired) electrons. The van der Waals surface area contributed by atoms with Gasteiger partial charge in [0.1, 0.15) is 10.7 Å². The van der Waals surface area contributed by atoms with Gasteiger partial charge in [-0.1, -0.05) is 18.2 Å². The standard InChI is InChI=1S/C26H20N4O3S/c1-15-6-7-18(13-16(15)2)25(31)24-23(27)22(21-5-3-4-12-29(21)24)26-28-20(14-34-26)17-8-10-19(11-9-17)30(32)33/h3-14H,27H2,1-2H3. The fraction of sp³-hybridized carbons (Fsp3) is 0.0769. The number of nitrogen functional groups attached to an aromatic ring is 1. The number of pyridine rings is 1. The van der Waals surface area contributed by atoms with Crippen LogP contribution in [0.3, 0.4) is 0 Å². The summed E-state index contributed by atoms with van der Waals surface area (Å²) >= 11 is 1.41. The van der Waals surface area contributed by atoms with E-state index < -0.39 is 4.92 Å². The molecule has 5 rings (SSSR count). The Morgan fingerprint density at radius 2 is 1.82 bits per heavy atom. The van der Waals surface area contributed by atoms with Gasteiger partial charge in [-0.25, -0.2) is 4.98 Å². The minimum atomic E-state index is -0.432. The van der Waals surface area contributed by atoms with Gasteiger partial charge in [-0.15, -0.1) is 11.3 Å². The van der Waals surface area contributed by atoms with Crippen LogP contribution in [0.5, 0.6) is 0 Å². The Labute approximate surface area is 199 Å². The molecule has 0 saturated heterocycles. The average molecular weight is 469 g/mol. The predicted octanol–water partition coefficient (Wildman–Crippen LogP) is 6.07. The summed E-state index contributed by atoms with van der Waals surface area (Å²) in [6.07, 6.45) is 1.83. The number of aromatic nitrogens is 2. The lowest BCUT2D eigenvalue weighted by atomic mass is 10.0.